The Morgan fingerprint density at radius 2 is 2.05 bits per heavy atom. The maximum Gasteiger partial charge on any atom is 0.406 e. The van der Waals surface area contributed by atoms with Crippen LogP contribution in [0.5, 0.6) is 0 Å². The van der Waals surface area contributed by atoms with Crippen LogP contribution in [0.15, 0.2) is 12.4 Å². The van der Waals surface area contributed by atoms with Gasteiger partial charge >= 0.3 is 6.18 Å². The van der Waals surface area contributed by atoms with Gasteiger partial charge in [0.15, 0.2) is 0 Å². The molecule has 0 saturated carbocycles. The molecule has 0 bridgehead atoms. The SMILES string of the molecule is CCc1ncc(NC(=O)C2CC(=O)N(CC(F)(F)F)C2)cn1. The molecule has 1 atom stereocenters. The topological polar surface area (TPSA) is 75.2 Å². The monoisotopic (exact) mass is 316 g/mol. The number of aryl methyl sites for hydroxylation is 1. The Balaban J connectivity index is 1.94. The van der Waals surface area contributed by atoms with E-state index in [1.165, 1.54) is 12.4 Å². The number of halogens is 3. The van der Waals surface area contributed by atoms with Crippen LogP contribution in [0.2, 0.25) is 0 Å². The lowest BCUT2D eigenvalue weighted by atomic mass is 10.1. The van der Waals surface area contributed by atoms with E-state index in [1.54, 1.807) is 0 Å². The number of nitrogens with zero attached hydrogens (tertiary/aromatic N) is 3. The Labute approximate surface area is 124 Å². The van der Waals surface area contributed by atoms with E-state index < -0.39 is 30.5 Å². The number of carbonyl (C=O) groups is 2. The molecule has 1 aliphatic rings. The number of hydrogen-bond donors (Lipinski definition) is 1. The molecule has 1 unspecified atom stereocenters. The molecule has 120 valence electrons. The first kappa shape index (κ1) is 16.2. The van der Waals surface area contributed by atoms with E-state index in [0.717, 1.165) is 0 Å². The predicted molar refractivity (Wildman–Crippen MR) is 70.8 cm³/mol. The molecule has 1 N–H and O–H groups in total. The van der Waals surface area contributed by atoms with Crippen molar-refractivity contribution in [3.8, 4) is 0 Å². The minimum absolute atomic E-state index is 0.226. The zero-order chi connectivity index (χ0) is 16.3. The van der Waals surface area contributed by atoms with Crippen LogP contribution in [0.4, 0.5) is 18.9 Å². The van der Waals surface area contributed by atoms with Gasteiger partial charge in [-0.2, -0.15) is 13.2 Å². The largest absolute Gasteiger partial charge is 0.406 e. The summed E-state index contributed by atoms with van der Waals surface area (Å²) in [6.07, 6.45) is -1.19. The normalized spacial score (nSPS) is 18.6. The minimum atomic E-state index is -4.47. The highest BCUT2D eigenvalue weighted by atomic mass is 19.4. The van der Waals surface area contributed by atoms with Crippen molar-refractivity contribution in [3.63, 3.8) is 0 Å². The highest BCUT2D eigenvalue weighted by Gasteiger charge is 2.40. The highest BCUT2D eigenvalue weighted by molar-refractivity contribution is 5.97. The van der Waals surface area contributed by atoms with Crippen molar-refractivity contribution >= 4 is 17.5 Å². The summed E-state index contributed by atoms with van der Waals surface area (Å²) in [5, 5.41) is 2.52. The van der Waals surface area contributed by atoms with Gasteiger partial charge in [0.25, 0.3) is 0 Å². The molecular formula is C13H15F3N4O2. The Morgan fingerprint density at radius 1 is 1.41 bits per heavy atom. The zero-order valence-electron chi connectivity index (χ0n) is 11.9. The fourth-order valence-electron chi connectivity index (χ4n) is 2.16. The molecule has 1 saturated heterocycles. The summed E-state index contributed by atoms with van der Waals surface area (Å²) < 4.78 is 36.9. The van der Waals surface area contributed by atoms with Crippen molar-refractivity contribution in [1.82, 2.24) is 14.9 Å². The average Bonchev–Trinajstić information content (AvgIpc) is 2.79. The highest BCUT2D eigenvalue weighted by Crippen LogP contribution is 2.24. The van der Waals surface area contributed by atoms with Crippen molar-refractivity contribution in [2.45, 2.75) is 25.9 Å². The van der Waals surface area contributed by atoms with Gasteiger partial charge in [-0.3, -0.25) is 9.59 Å². The third kappa shape index (κ3) is 4.15. The van der Waals surface area contributed by atoms with Crippen LogP contribution in [0, 0.1) is 5.92 Å². The van der Waals surface area contributed by atoms with Gasteiger partial charge in [-0.1, -0.05) is 6.92 Å². The molecule has 0 aromatic carbocycles. The lowest BCUT2D eigenvalue weighted by Crippen LogP contribution is -2.36. The van der Waals surface area contributed by atoms with E-state index in [-0.39, 0.29) is 13.0 Å². The third-order valence-electron chi connectivity index (χ3n) is 3.24. The van der Waals surface area contributed by atoms with E-state index in [9.17, 15) is 22.8 Å². The molecule has 1 fully saturated rings. The Hall–Kier alpha value is -2.19. The summed E-state index contributed by atoms with van der Waals surface area (Å²) in [6, 6.07) is 0. The summed E-state index contributed by atoms with van der Waals surface area (Å²) in [5.41, 5.74) is 0.351. The second-order valence-electron chi connectivity index (χ2n) is 5.02. The molecule has 0 spiro atoms. The number of nitrogens with one attached hydrogen (secondary N) is 1. The van der Waals surface area contributed by atoms with Crippen LogP contribution < -0.4 is 5.32 Å². The molecule has 9 heteroatoms. The molecule has 22 heavy (non-hydrogen) atoms. The van der Waals surface area contributed by atoms with Crippen molar-refractivity contribution in [2.75, 3.05) is 18.4 Å². The number of carbonyl (C=O) groups excluding carboxylic acids is 2. The van der Waals surface area contributed by atoms with Crippen LogP contribution in [-0.2, 0) is 16.0 Å². The lowest BCUT2D eigenvalue weighted by Gasteiger charge is -2.18. The predicted octanol–water partition coefficient (Wildman–Crippen LogP) is 1.39. The van der Waals surface area contributed by atoms with Gasteiger partial charge in [-0.05, 0) is 0 Å². The van der Waals surface area contributed by atoms with Crippen LogP contribution in [0.25, 0.3) is 0 Å². The molecule has 6 nitrogen and oxygen atoms in total. The van der Waals surface area contributed by atoms with Gasteiger partial charge in [0.05, 0.1) is 24.0 Å². The first-order chi connectivity index (χ1) is 10.3. The van der Waals surface area contributed by atoms with E-state index in [2.05, 4.69) is 15.3 Å². The molecule has 1 aromatic rings. The molecule has 1 aliphatic heterocycles. The second-order valence-corrected chi connectivity index (χ2v) is 5.02. The van der Waals surface area contributed by atoms with Gasteiger partial charge in [-0.25, -0.2) is 9.97 Å². The minimum Gasteiger partial charge on any atom is -0.333 e. The second kappa shape index (κ2) is 6.29. The molecule has 1 aromatic heterocycles. The number of hydrogen-bond acceptors (Lipinski definition) is 4. The lowest BCUT2D eigenvalue weighted by molar-refractivity contribution is -0.157. The standard InChI is InChI=1S/C13H15F3N4O2/c1-2-10-17-4-9(5-18-10)19-12(22)8-3-11(21)20(6-8)7-13(14,15)16/h4-5,8H,2-3,6-7H2,1H3,(H,19,22). The van der Waals surface area contributed by atoms with E-state index in [4.69, 9.17) is 0 Å². The number of alkyl halides is 3. The number of anilines is 1. The first-order valence-electron chi connectivity index (χ1n) is 6.75. The fourth-order valence-corrected chi connectivity index (χ4v) is 2.16. The van der Waals surface area contributed by atoms with E-state index >= 15 is 0 Å². The maximum atomic E-state index is 12.3. The van der Waals surface area contributed by atoms with Gasteiger partial charge in [-0.15, -0.1) is 0 Å². The van der Waals surface area contributed by atoms with Crippen LogP contribution in [-0.4, -0.2) is 45.9 Å². The Morgan fingerprint density at radius 3 is 2.59 bits per heavy atom. The maximum absolute atomic E-state index is 12.3. The van der Waals surface area contributed by atoms with Crippen molar-refractivity contribution < 1.29 is 22.8 Å². The molecule has 2 heterocycles. The zero-order valence-corrected chi connectivity index (χ0v) is 11.9. The van der Waals surface area contributed by atoms with Crippen molar-refractivity contribution in [3.05, 3.63) is 18.2 Å². The fraction of sp³-hybridized carbons (Fsp3) is 0.538. The molecule has 0 aliphatic carbocycles. The number of amides is 2. The molecule has 0 radical (unpaired) electrons. The number of likely N-dealkylation sites (tertiary alicyclic amines) is 1. The van der Waals surface area contributed by atoms with E-state index in [1.807, 2.05) is 6.92 Å². The number of rotatable bonds is 4. The Bertz CT molecular complexity index is 559. The molecular weight excluding hydrogens is 301 g/mol. The summed E-state index contributed by atoms with van der Waals surface area (Å²) >= 11 is 0. The summed E-state index contributed by atoms with van der Waals surface area (Å²) in [4.78, 5) is 32.2. The van der Waals surface area contributed by atoms with Gasteiger partial charge in [0, 0.05) is 19.4 Å². The van der Waals surface area contributed by atoms with E-state index in [0.29, 0.717) is 22.8 Å². The first-order valence-corrected chi connectivity index (χ1v) is 6.75. The van der Waals surface area contributed by atoms with Crippen molar-refractivity contribution in [2.24, 2.45) is 5.92 Å². The summed E-state index contributed by atoms with van der Waals surface area (Å²) in [7, 11) is 0. The van der Waals surface area contributed by atoms with Crippen LogP contribution in [0.3, 0.4) is 0 Å². The van der Waals surface area contributed by atoms with Gasteiger partial charge in [0.1, 0.15) is 12.4 Å². The molecule has 2 amide bonds. The Kier molecular flexibility index (Phi) is 4.62. The third-order valence-corrected chi connectivity index (χ3v) is 3.24. The smallest absolute Gasteiger partial charge is 0.333 e. The number of aromatic nitrogens is 2. The van der Waals surface area contributed by atoms with Crippen molar-refractivity contribution in [1.29, 1.82) is 0 Å². The summed E-state index contributed by atoms with van der Waals surface area (Å²) in [6.45, 7) is 0.314. The van der Waals surface area contributed by atoms with Crippen LogP contribution >= 0.6 is 0 Å². The average molecular weight is 316 g/mol. The quantitative estimate of drug-likeness (QED) is 0.911. The summed E-state index contributed by atoms with van der Waals surface area (Å²) in [5.74, 6) is -1.37. The molecule has 2 rings (SSSR count). The van der Waals surface area contributed by atoms with Gasteiger partial charge in [0.2, 0.25) is 11.8 Å². The van der Waals surface area contributed by atoms with Crippen LogP contribution in [0.1, 0.15) is 19.2 Å². The van der Waals surface area contributed by atoms with Gasteiger partial charge < -0.3 is 10.2 Å².